The molecule has 0 aromatic carbocycles. The Morgan fingerprint density at radius 3 is 3.15 bits per heavy atom. The molecule has 0 unspecified atom stereocenters. The third-order valence-corrected chi connectivity index (χ3v) is 2.18. The maximum Gasteiger partial charge on any atom is 0.307 e. The van der Waals surface area contributed by atoms with Crippen LogP contribution in [0.3, 0.4) is 0 Å². The molecule has 0 radical (unpaired) electrons. The predicted molar refractivity (Wildman–Crippen MR) is 50.3 cm³/mol. The summed E-state index contributed by atoms with van der Waals surface area (Å²) in [4.78, 5) is 11.0. The predicted octanol–water partition coefficient (Wildman–Crippen LogP) is 1.10. The molecule has 13 heavy (non-hydrogen) atoms. The highest BCUT2D eigenvalue weighted by atomic mass is 32.1. The molecule has 0 bridgehead atoms. The van der Waals surface area contributed by atoms with Crippen molar-refractivity contribution in [3.05, 3.63) is 17.1 Å². The lowest BCUT2D eigenvalue weighted by molar-refractivity contribution is -0.143. The van der Waals surface area contributed by atoms with Crippen LogP contribution in [-0.2, 0) is 9.53 Å². The van der Waals surface area contributed by atoms with Crippen LogP contribution in [0.1, 0.15) is 24.9 Å². The quantitative estimate of drug-likeness (QED) is 0.739. The van der Waals surface area contributed by atoms with Crippen LogP contribution in [-0.4, -0.2) is 16.9 Å². The Kier molecular flexibility index (Phi) is 3.85. The molecular weight excluding hydrogens is 188 g/mol. The number of nitrogens with zero attached hydrogens (tertiary/aromatic N) is 1. The van der Waals surface area contributed by atoms with E-state index in [4.69, 9.17) is 10.5 Å². The van der Waals surface area contributed by atoms with Gasteiger partial charge in [0.2, 0.25) is 0 Å². The first-order valence-electron chi connectivity index (χ1n) is 4.04. The van der Waals surface area contributed by atoms with Crippen molar-refractivity contribution in [1.82, 2.24) is 4.37 Å². The Hall–Kier alpha value is -0.940. The Morgan fingerprint density at radius 1 is 1.85 bits per heavy atom. The number of ether oxygens (including phenoxy) is 1. The summed E-state index contributed by atoms with van der Waals surface area (Å²) in [6.07, 6.45) is 1.89. The fourth-order valence-corrected chi connectivity index (χ4v) is 1.51. The van der Waals surface area contributed by atoms with Crippen LogP contribution >= 0.6 is 11.5 Å². The second kappa shape index (κ2) is 4.94. The van der Waals surface area contributed by atoms with Crippen molar-refractivity contribution >= 4 is 17.5 Å². The van der Waals surface area contributed by atoms with Gasteiger partial charge >= 0.3 is 5.97 Å². The van der Waals surface area contributed by atoms with Crippen molar-refractivity contribution in [2.24, 2.45) is 5.73 Å². The van der Waals surface area contributed by atoms with E-state index in [9.17, 15) is 4.79 Å². The molecular formula is C8H12N2O2S. The highest BCUT2D eigenvalue weighted by molar-refractivity contribution is 7.03. The summed E-state index contributed by atoms with van der Waals surface area (Å²) in [6, 6.07) is -0.294. The van der Waals surface area contributed by atoms with Gasteiger partial charge in [0.25, 0.3) is 0 Å². The summed E-state index contributed by atoms with van der Waals surface area (Å²) < 4.78 is 8.68. The first kappa shape index (κ1) is 10.1. The number of aromatic nitrogens is 1. The normalized spacial score (nSPS) is 12.5. The third kappa shape index (κ3) is 3.12. The van der Waals surface area contributed by atoms with Crippen molar-refractivity contribution in [2.45, 2.75) is 19.4 Å². The van der Waals surface area contributed by atoms with Gasteiger partial charge in [-0.05, 0) is 18.5 Å². The van der Waals surface area contributed by atoms with Crippen LogP contribution in [0.5, 0.6) is 0 Å². The smallest absolute Gasteiger partial charge is 0.307 e. The van der Waals surface area contributed by atoms with E-state index in [1.807, 2.05) is 5.38 Å². The zero-order valence-electron chi connectivity index (χ0n) is 7.40. The van der Waals surface area contributed by atoms with E-state index in [-0.39, 0.29) is 18.4 Å². The molecule has 72 valence electrons. The summed E-state index contributed by atoms with van der Waals surface area (Å²) in [5.41, 5.74) is 6.62. The molecule has 0 amide bonds. The standard InChI is InChI=1S/C8H12N2O2S/c1-2-12-8(11)3-7(9)6-4-10-13-5-6/h4-5,7H,2-3,9H2,1H3/t7-/m1/s1. The Balaban J connectivity index is 2.42. The summed E-state index contributed by atoms with van der Waals surface area (Å²) in [7, 11) is 0. The second-order valence-electron chi connectivity index (χ2n) is 2.57. The van der Waals surface area contributed by atoms with E-state index in [2.05, 4.69) is 4.37 Å². The second-order valence-corrected chi connectivity index (χ2v) is 3.23. The van der Waals surface area contributed by atoms with Gasteiger partial charge in [-0.3, -0.25) is 4.79 Å². The molecule has 4 nitrogen and oxygen atoms in total. The fraction of sp³-hybridized carbons (Fsp3) is 0.500. The van der Waals surface area contributed by atoms with Crippen molar-refractivity contribution in [3.8, 4) is 0 Å². The highest BCUT2D eigenvalue weighted by Gasteiger charge is 2.12. The Morgan fingerprint density at radius 2 is 2.62 bits per heavy atom. The van der Waals surface area contributed by atoms with Crippen LogP contribution in [0.2, 0.25) is 0 Å². The van der Waals surface area contributed by atoms with Crippen molar-refractivity contribution < 1.29 is 9.53 Å². The number of carbonyl (C=O) groups is 1. The van der Waals surface area contributed by atoms with Gasteiger partial charge in [-0.25, -0.2) is 4.37 Å². The van der Waals surface area contributed by atoms with Crippen molar-refractivity contribution in [1.29, 1.82) is 0 Å². The van der Waals surface area contributed by atoms with Crippen LogP contribution in [0.15, 0.2) is 11.6 Å². The number of hydrogen-bond donors (Lipinski definition) is 1. The monoisotopic (exact) mass is 200 g/mol. The largest absolute Gasteiger partial charge is 0.466 e. The summed E-state index contributed by atoms with van der Waals surface area (Å²) in [5.74, 6) is -0.263. The van der Waals surface area contributed by atoms with E-state index in [0.717, 1.165) is 5.56 Å². The molecule has 0 fully saturated rings. The van der Waals surface area contributed by atoms with E-state index in [1.54, 1.807) is 13.1 Å². The summed E-state index contributed by atoms with van der Waals surface area (Å²) in [6.45, 7) is 2.17. The number of esters is 1. The third-order valence-electron chi connectivity index (χ3n) is 1.57. The van der Waals surface area contributed by atoms with Gasteiger partial charge in [0.05, 0.1) is 13.0 Å². The van der Waals surface area contributed by atoms with Gasteiger partial charge in [-0.1, -0.05) is 0 Å². The van der Waals surface area contributed by atoms with Gasteiger partial charge < -0.3 is 10.5 Å². The van der Waals surface area contributed by atoms with E-state index >= 15 is 0 Å². The van der Waals surface area contributed by atoms with E-state index in [1.165, 1.54) is 11.5 Å². The van der Waals surface area contributed by atoms with Crippen LogP contribution in [0, 0.1) is 0 Å². The maximum atomic E-state index is 11.0. The average Bonchev–Trinajstić information content (AvgIpc) is 2.55. The molecule has 5 heteroatoms. The van der Waals surface area contributed by atoms with Gasteiger partial charge in [-0.15, -0.1) is 0 Å². The Bertz CT molecular complexity index is 261. The number of nitrogens with two attached hydrogens (primary N) is 1. The molecule has 2 N–H and O–H groups in total. The molecule has 0 aliphatic rings. The van der Waals surface area contributed by atoms with Crippen molar-refractivity contribution in [2.75, 3.05) is 6.61 Å². The molecule has 1 heterocycles. The SMILES string of the molecule is CCOC(=O)C[C@@H](N)c1cnsc1. The number of carbonyl (C=O) groups excluding carboxylic acids is 1. The van der Waals surface area contributed by atoms with Crippen molar-refractivity contribution in [3.63, 3.8) is 0 Å². The lowest BCUT2D eigenvalue weighted by Crippen LogP contribution is -2.16. The van der Waals surface area contributed by atoms with Gasteiger partial charge in [0.15, 0.2) is 0 Å². The lowest BCUT2D eigenvalue weighted by atomic mass is 10.1. The number of hydrogen-bond acceptors (Lipinski definition) is 5. The van der Waals surface area contributed by atoms with Crippen LogP contribution < -0.4 is 5.73 Å². The van der Waals surface area contributed by atoms with E-state index in [0.29, 0.717) is 6.61 Å². The topological polar surface area (TPSA) is 65.2 Å². The fourth-order valence-electron chi connectivity index (χ4n) is 0.913. The average molecular weight is 200 g/mol. The molecule has 0 aliphatic heterocycles. The molecule has 1 aromatic heterocycles. The van der Waals surface area contributed by atoms with Gasteiger partial charge in [-0.2, -0.15) is 0 Å². The number of rotatable bonds is 4. The minimum absolute atomic E-state index is 0.215. The minimum atomic E-state index is -0.294. The zero-order valence-corrected chi connectivity index (χ0v) is 8.21. The molecule has 0 saturated heterocycles. The van der Waals surface area contributed by atoms with Crippen LogP contribution in [0.25, 0.3) is 0 Å². The molecule has 1 atom stereocenters. The molecule has 0 aliphatic carbocycles. The zero-order chi connectivity index (χ0) is 9.68. The first-order chi connectivity index (χ1) is 6.24. The summed E-state index contributed by atoms with van der Waals surface area (Å²) in [5, 5.41) is 1.84. The minimum Gasteiger partial charge on any atom is -0.466 e. The highest BCUT2D eigenvalue weighted by Crippen LogP contribution is 2.15. The lowest BCUT2D eigenvalue weighted by Gasteiger charge is -2.07. The Labute approximate surface area is 80.9 Å². The van der Waals surface area contributed by atoms with Crippen LogP contribution in [0.4, 0.5) is 0 Å². The van der Waals surface area contributed by atoms with Gasteiger partial charge in [0, 0.05) is 23.2 Å². The molecule has 0 saturated carbocycles. The van der Waals surface area contributed by atoms with E-state index < -0.39 is 0 Å². The molecule has 1 aromatic rings. The molecule has 1 rings (SSSR count). The summed E-state index contributed by atoms with van der Waals surface area (Å²) >= 11 is 1.33. The molecule has 0 spiro atoms. The van der Waals surface area contributed by atoms with Gasteiger partial charge in [0.1, 0.15) is 0 Å². The first-order valence-corrected chi connectivity index (χ1v) is 4.88. The maximum absolute atomic E-state index is 11.0.